The lowest BCUT2D eigenvalue weighted by molar-refractivity contribution is 0.249. The topological polar surface area (TPSA) is 12.5 Å². The van der Waals surface area contributed by atoms with E-state index >= 15 is 0 Å². The molecular weight excluding hydrogens is 282 g/mol. The van der Waals surface area contributed by atoms with Crippen molar-refractivity contribution < 1.29 is 4.74 Å². The van der Waals surface area contributed by atoms with E-state index in [2.05, 4.69) is 73.3 Å². The highest BCUT2D eigenvalue weighted by atomic mass is 16.5. The molecule has 0 aliphatic rings. The molecule has 0 heterocycles. The molecule has 0 spiro atoms. The zero-order valence-corrected chi connectivity index (χ0v) is 14.5. The summed E-state index contributed by atoms with van der Waals surface area (Å²) in [7, 11) is 0. The molecule has 23 heavy (non-hydrogen) atoms. The summed E-state index contributed by atoms with van der Waals surface area (Å²) in [4.78, 5) is 2.43. The van der Waals surface area contributed by atoms with Crippen molar-refractivity contribution in [2.75, 3.05) is 26.2 Å². The minimum Gasteiger partial charge on any atom is -0.494 e. The number of rotatable bonds is 10. The fraction of sp³-hybridized carbons (Fsp3) is 0.429. The molecule has 0 aliphatic heterocycles. The fourth-order valence-electron chi connectivity index (χ4n) is 2.70. The quantitative estimate of drug-likeness (QED) is 0.595. The zero-order chi connectivity index (χ0) is 16.3. The zero-order valence-electron chi connectivity index (χ0n) is 14.5. The van der Waals surface area contributed by atoms with Gasteiger partial charge in [0.05, 0.1) is 6.61 Å². The van der Waals surface area contributed by atoms with Gasteiger partial charge in [0, 0.05) is 6.54 Å². The standard InChI is InChI=1S/C21H29NO/c1-3-22(4-2)17-8-18-23-21-15-13-20(14-16-21)12-11-19-9-6-5-7-10-19/h5-7,9-10,13-16H,3-4,8,11-12,17-18H2,1-2H3. The minimum atomic E-state index is 0.792. The Labute approximate surface area is 141 Å². The molecule has 2 rings (SSSR count). The van der Waals surface area contributed by atoms with Crippen LogP contribution in [-0.4, -0.2) is 31.1 Å². The highest BCUT2D eigenvalue weighted by molar-refractivity contribution is 5.28. The number of hydrogen-bond donors (Lipinski definition) is 0. The summed E-state index contributed by atoms with van der Waals surface area (Å²) in [5.41, 5.74) is 2.76. The molecule has 2 aromatic carbocycles. The molecule has 2 nitrogen and oxygen atoms in total. The van der Waals surface area contributed by atoms with Crippen molar-refractivity contribution in [3.05, 3.63) is 65.7 Å². The molecule has 0 saturated heterocycles. The second kappa shape index (κ2) is 10.1. The van der Waals surface area contributed by atoms with E-state index in [4.69, 9.17) is 4.74 Å². The van der Waals surface area contributed by atoms with Gasteiger partial charge < -0.3 is 9.64 Å². The van der Waals surface area contributed by atoms with Crippen LogP contribution >= 0.6 is 0 Å². The predicted octanol–water partition coefficient (Wildman–Crippen LogP) is 4.58. The normalized spacial score (nSPS) is 10.9. The van der Waals surface area contributed by atoms with Gasteiger partial charge in [-0.05, 0) is 55.6 Å². The first-order chi connectivity index (χ1) is 11.3. The summed E-state index contributed by atoms with van der Waals surface area (Å²) in [5.74, 6) is 0.980. The number of nitrogens with zero attached hydrogens (tertiary/aromatic N) is 1. The molecule has 0 fully saturated rings. The van der Waals surface area contributed by atoms with Crippen molar-refractivity contribution in [1.82, 2.24) is 4.90 Å². The van der Waals surface area contributed by atoms with Crippen LogP contribution < -0.4 is 4.74 Å². The maximum atomic E-state index is 5.84. The lowest BCUT2D eigenvalue weighted by Crippen LogP contribution is -2.25. The van der Waals surface area contributed by atoms with Crippen molar-refractivity contribution >= 4 is 0 Å². The smallest absolute Gasteiger partial charge is 0.119 e. The molecule has 0 aromatic heterocycles. The molecule has 2 aromatic rings. The van der Waals surface area contributed by atoms with Gasteiger partial charge in [-0.25, -0.2) is 0 Å². The SMILES string of the molecule is CCN(CC)CCCOc1ccc(CCc2ccccc2)cc1. The summed E-state index contributed by atoms with van der Waals surface area (Å²) < 4.78 is 5.84. The van der Waals surface area contributed by atoms with Crippen LogP contribution in [0.15, 0.2) is 54.6 Å². The Morgan fingerprint density at radius 3 is 2.00 bits per heavy atom. The summed E-state index contributed by atoms with van der Waals surface area (Å²) in [6.07, 6.45) is 3.24. The second-order valence-electron chi connectivity index (χ2n) is 5.86. The monoisotopic (exact) mass is 311 g/mol. The molecular formula is C21H29NO. The van der Waals surface area contributed by atoms with Gasteiger partial charge in [-0.2, -0.15) is 0 Å². The van der Waals surface area contributed by atoms with Gasteiger partial charge in [0.2, 0.25) is 0 Å². The molecule has 0 radical (unpaired) electrons. The summed E-state index contributed by atoms with van der Waals surface area (Å²) in [5, 5.41) is 0. The molecule has 0 atom stereocenters. The van der Waals surface area contributed by atoms with Crippen LogP contribution in [0, 0.1) is 0 Å². The van der Waals surface area contributed by atoms with Gasteiger partial charge in [0.1, 0.15) is 5.75 Å². The van der Waals surface area contributed by atoms with Crippen LogP contribution in [0.5, 0.6) is 5.75 Å². The molecule has 0 bridgehead atoms. The van der Waals surface area contributed by atoms with Crippen LogP contribution in [0.1, 0.15) is 31.4 Å². The van der Waals surface area contributed by atoms with Crippen LogP contribution in [0.4, 0.5) is 0 Å². The van der Waals surface area contributed by atoms with E-state index in [0.717, 1.165) is 51.3 Å². The summed E-state index contributed by atoms with van der Waals surface area (Å²) in [6, 6.07) is 19.2. The Bertz CT molecular complexity index is 532. The van der Waals surface area contributed by atoms with E-state index < -0.39 is 0 Å². The van der Waals surface area contributed by atoms with Crippen molar-refractivity contribution in [2.24, 2.45) is 0 Å². The van der Waals surface area contributed by atoms with Crippen molar-refractivity contribution in [1.29, 1.82) is 0 Å². The van der Waals surface area contributed by atoms with Crippen molar-refractivity contribution in [3.8, 4) is 5.75 Å². The molecule has 0 amide bonds. The van der Waals surface area contributed by atoms with Crippen LogP contribution in [-0.2, 0) is 12.8 Å². The number of aryl methyl sites for hydroxylation is 2. The first-order valence-corrected chi connectivity index (χ1v) is 8.79. The molecule has 0 aliphatic carbocycles. The average Bonchev–Trinajstić information content (AvgIpc) is 2.62. The maximum Gasteiger partial charge on any atom is 0.119 e. The van der Waals surface area contributed by atoms with E-state index in [1.165, 1.54) is 11.1 Å². The van der Waals surface area contributed by atoms with Gasteiger partial charge in [0.15, 0.2) is 0 Å². The summed E-state index contributed by atoms with van der Waals surface area (Å²) >= 11 is 0. The Morgan fingerprint density at radius 2 is 1.39 bits per heavy atom. The number of ether oxygens (including phenoxy) is 1. The maximum absolute atomic E-state index is 5.84. The molecule has 124 valence electrons. The Kier molecular flexibility index (Phi) is 7.68. The van der Waals surface area contributed by atoms with Crippen LogP contribution in [0.2, 0.25) is 0 Å². The van der Waals surface area contributed by atoms with Crippen molar-refractivity contribution in [3.63, 3.8) is 0 Å². The number of hydrogen-bond acceptors (Lipinski definition) is 2. The highest BCUT2D eigenvalue weighted by Crippen LogP contribution is 2.14. The lowest BCUT2D eigenvalue weighted by atomic mass is 10.0. The van der Waals surface area contributed by atoms with Crippen LogP contribution in [0.3, 0.4) is 0 Å². The fourth-order valence-corrected chi connectivity index (χ4v) is 2.70. The lowest BCUT2D eigenvalue weighted by Gasteiger charge is -2.17. The minimum absolute atomic E-state index is 0.792. The van der Waals surface area contributed by atoms with E-state index in [-0.39, 0.29) is 0 Å². The summed E-state index contributed by atoms with van der Waals surface area (Å²) in [6.45, 7) is 8.55. The Morgan fingerprint density at radius 1 is 0.783 bits per heavy atom. The third-order valence-corrected chi connectivity index (χ3v) is 4.25. The largest absolute Gasteiger partial charge is 0.494 e. The predicted molar refractivity (Wildman–Crippen MR) is 98.2 cm³/mol. The van der Waals surface area contributed by atoms with E-state index in [1.807, 2.05) is 0 Å². The van der Waals surface area contributed by atoms with Gasteiger partial charge in [-0.3, -0.25) is 0 Å². The van der Waals surface area contributed by atoms with Crippen molar-refractivity contribution in [2.45, 2.75) is 33.1 Å². The van der Waals surface area contributed by atoms with Gasteiger partial charge in [-0.1, -0.05) is 56.3 Å². The van der Waals surface area contributed by atoms with E-state index in [0.29, 0.717) is 0 Å². The average molecular weight is 311 g/mol. The van der Waals surface area contributed by atoms with Gasteiger partial charge in [0.25, 0.3) is 0 Å². The third-order valence-electron chi connectivity index (χ3n) is 4.25. The second-order valence-corrected chi connectivity index (χ2v) is 5.86. The Balaban J connectivity index is 1.70. The number of benzene rings is 2. The molecule has 2 heteroatoms. The van der Waals surface area contributed by atoms with E-state index in [9.17, 15) is 0 Å². The Hall–Kier alpha value is -1.80. The molecule has 0 N–H and O–H groups in total. The van der Waals surface area contributed by atoms with Gasteiger partial charge in [-0.15, -0.1) is 0 Å². The first kappa shape index (κ1) is 17.6. The first-order valence-electron chi connectivity index (χ1n) is 8.79. The van der Waals surface area contributed by atoms with Crippen LogP contribution in [0.25, 0.3) is 0 Å². The van der Waals surface area contributed by atoms with Gasteiger partial charge >= 0.3 is 0 Å². The highest BCUT2D eigenvalue weighted by Gasteiger charge is 2.00. The van der Waals surface area contributed by atoms with E-state index in [1.54, 1.807) is 0 Å². The molecule has 0 saturated carbocycles. The molecule has 0 unspecified atom stereocenters. The third kappa shape index (κ3) is 6.45.